The van der Waals surface area contributed by atoms with Gasteiger partial charge >= 0.3 is 0 Å². The number of aliphatic imine (C=N–C) groups is 1. The number of nitrogens with zero attached hydrogens (tertiary/aromatic N) is 2. The SMILES string of the molecule is Cc1ccc(-c2nc3cc(Cl)ccc3o2)cc1N=C(N)CCl. The summed E-state index contributed by atoms with van der Waals surface area (Å²) in [6, 6.07) is 11.1. The zero-order valence-electron chi connectivity index (χ0n) is 11.8. The molecule has 0 saturated heterocycles. The number of rotatable bonds is 3. The number of benzene rings is 2. The van der Waals surface area contributed by atoms with Crippen LogP contribution in [0.5, 0.6) is 0 Å². The molecule has 1 heterocycles. The molecule has 6 heteroatoms. The maximum Gasteiger partial charge on any atom is 0.227 e. The molecule has 1 aromatic heterocycles. The number of aryl methyl sites for hydroxylation is 1. The third-order valence-corrected chi connectivity index (χ3v) is 3.72. The van der Waals surface area contributed by atoms with E-state index in [1.807, 2.05) is 25.1 Å². The third-order valence-electron chi connectivity index (χ3n) is 3.21. The molecular formula is C16H13Cl2N3O. The van der Waals surface area contributed by atoms with E-state index in [2.05, 4.69) is 9.98 Å². The molecule has 112 valence electrons. The third kappa shape index (κ3) is 2.93. The van der Waals surface area contributed by atoms with Gasteiger partial charge in [0.05, 0.1) is 11.6 Å². The number of halogens is 2. The van der Waals surface area contributed by atoms with Crippen molar-refractivity contribution in [2.24, 2.45) is 10.7 Å². The average Bonchev–Trinajstić information content (AvgIpc) is 2.92. The van der Waals surface area contributed by atoms with Crippen molar-refractivity contribution < 1.29 is 4.42 Å². The summed E-state index contributed by atoms with van der Waals surface area (Å²) in [5, 5.41) is 0.622. The Morgan fingerprint density at radius 3 is 2.86 bits per heavy atom. The molecule has 2 N–H and O–H groups in total. The highest BCUT2D eigenvalue weighted by Gasteiger charge is 2.10. The summed E-state index contributed by atoms with van der Waals surface area (Å²) in [6.45, 7) is 1.95. The van der Waals surface area contributed by atoms with E-state index >= 15 is 0 Å². The predicted octanol–water partition coefficient (Wildman–Crippen LogP) is 4.68. The van der Waals surface area contributed by atoms with Gasteiger partial charge < -0.3 is 10.2 Å². The second kappa shape index (κ2) is 5.99. The molecule has 0 aliphatic heterocycles. The highest BCUT2D eigenvalue weighted by Crippen LogP contribution is 2.30. The zero-order chi connectivity index (χ0) is 15.7. The lowest BCUT2D eigenvalue weighted by Gasteiger charge is -2.03. The Bertz CT molecular complexity index is 871. The fourth-order valence-corrected chi connectivity index (χ4v) is 2.30. The minimum absolute atomic E-state index is 0.186. The molecule has 0 atom stereocenters. The molecule has 0 aliphatic rings. The summed E-state index contributed by atoms with van der Waals surface area (Å²) in [7, 11) is 0. The normalized spacial score (nSPS) is 12.0. The summed E-state index contributed by atoms with van der Waals surface area (Å²) in [6.07, 6.45) is 0. The fourth-order valence-electron chi connectivity index (χ4n) is 2.07. The maximum absolute atomic E-state index is 5.97. The van der Waals surface area contributed by atoms with E-state index in [1.54, 1.807) is 18.2 Å². The minimum Gasteiger partial charge on any atom is -0.436 e. The topological polar surface area (TPSA) is 64.4 Å². The second-order valence-electron chi connectivity index (χ2n) is 4.87. The van der Waals surface area contributed by atoms with Crippen molar-refractivity contribution in [2.45, 2.75) is 6.92 Å². The van der Waals surface area contributed by atoms with Crippen LogP contribution in [0.3, 0.4) is 0 Å². The lowest BCUT2D eigenvalue weighted by Crippen LogP contribution is -2.12. The summed E-state index contributed by atoms with van der Waals surface area (Å²) in [4.78, 5) is 8.76. The number of fused-ring (bicyclic) bond motifs is 1. The molecule has 0 aliphatic carbocycles. The van der Waals surface area contributed by atoms with Gasteiger partial charge in [-0.05, 0) is 42.8 Å². The van der Waals surface area contributed by atoms with Gasteiger partial charge in [0.2, 0.25) is 5.89 Å². The van der Waals surface area contributed by atoms with Gasteiger partial charge in [-0.2, -0.15) is 0 Å². The van der Waals surface area contributed by atoms with E-state index in [0.717, 1.165) is 16.8 Å². The fraction of sp³-hybridized carbons (Fsp3) is 0.125. The molecule has 3 aromatic rings. The van der Waals surface area contributed by atoms with Crippen LogP contribution in [0.1, 0.15) is 5.56 Å². The molecule has 22 heavy (non-hydrogen) atoms. The number of hydrogen-bond donors (Lipinski definition) is 1. The Balaban J connectivity index is 2.08. The number of amidine groups is 1. The summed E-state index contributed by atoms with van der Waals surface area (Å²) >= 11 is 11.6. The molecule has 0 spiro atoms. The molecule has 0 amide bonds. The van der Waals surface area contributed by atoms with Gasteiger partial charge in [-0.1, -0.05) is 17.7 Å². The molecule has 0 radical (unpaired) electrons. The van der Waals surface area contributed by atoms with Crippen LogP contribution in [0.15, 0.2) is 45.8 Å². The Kier molecular flexibility index (Phi) is 4.05. The highest BCUT2D eigenvalue weighted by atomic mass is 35.5. The Labute approximate surface area is 137 Å². The second-order valence-corrected chi connectivity index (χ2v) is 5.57. The average molecular weight is 334 g/mol. The van der Waals surface area contributed by atoms with Crippen LogP contribution in [-0.4, -0.2) is 16.7 Å². The molecule has 2 aromatic carbocycles. The monoisotopic (exact) mass is 333 g/mol. The van der Waals surface area contributed by atoms with Crippen molar-refractivity contribution in [3.8, 4) is 11.5 Å². The van der Waals surface area contributed by atoms with Crippen LogP contribution in [-0.2, 0) is 0 Å². The molecule has 3 rings (SSSR count). The number of aromatic nitrogens is 1. The van der Waals surface area contributed by atoms with Crippen LogP contribution in [0.4, 0.5) is 5.69 Å². The van der Waals surface area contributed by atoms with Crippen molar-refractivity contribution in [2.75, 3.05) is 5.88 Å². The van der Waals surface area contributed by atoms with Gasteiger partial charge in [0.1, 0.15) is 11.4 Å². The van der Waals surface area contributed by atoms with Crippen molar-refractivity contribution in [3.63, 3.8) is 0 Å². The predicted molar refractivity (Wildman–Crippen MR) is 91.2 cm³/mol. The number of nitrogens with two attached hydrogens (primary N) is 1. The number of oxazole rings is 1. The number of hydrogen-bond acceptors (Lipinski definition) is 3. The first-order chi connectivity index (χ1) is 10.6. The van der Waals surface area contributed by atoms with E-state index < -0.39 is 0 Å². The van der Waals surface area contributed by atoms with E-state index in [1.165, 1.54) is 0 Å². The molecular weight excluding hydrogens is 321 g/mol. The maximum atomic E-state index is 5.97. The Hall–Kier alpha value is -2.04. The van der Waals surface area contributed by atoms with Gasteiger partial charge in [-0.15, -0.1) is 11.6 Å². The van der Waals surface area contributed by atoms with E-state index in [0.29, 0.717) is 27.8 Å². The molecule has 0 fully saturated rings. The van der Waals surface area contributed by atoms with Crippen LogP contribution in [0, 0.1) is 6.92 Å². The summed E-state index contributed by atoms with van der Waals surface area (Å²) in [5.74, 6) is 1.06. The van der Waals surface area contributed by atoms with Gasteiger partial charge in [0.15, 0.2) is 5.58 Å². The lowest BCUT2D eigenvalue weighted by molar-refractivity contribution is 0.620. The highest BCUT2D eigenvalue weighted by molar-refractivity contribution is 6.31. The van der Waals surface area contributed by atoms with Gasteiger partial charge in [-0.25, -0.2) is 9.98 Å². The smallest absolute Gasteiger partial charge is 0.227 e. The lowest BCUT2D eigenvalue weighted by atomic mass is 10.1. The minimum atomic E-state index is 0.186. The first-order valence-corrected chi connectivity index (χ1v) is 7.54. The summed E-state index contributed by atoms with van der Waals surface area (Å²) < 4.78 is 5.76. The quantitative estimate of drug-likeness (QED) is 0.429. The molecule has 4 nitrogen and oxygen atoms in total. The van der Waals surface area contributed by atoms with Crippen LogP contribution < -0.4 is 5.73 Å². The standard InChI is InChI=1S/C16H13Cl2N3O/c1-9-2-3-10(6-12(9)20-15(19)8-17)16-21-13-7-11(18)4-5-14(13)22-16/h2-7H,8H2,1H3,(H2,19,20). The van der Waals surface area contributed by atoms with E-state index in [9.17, 15) is 0 Å². The largest absolute Gasteiger partial charge is 0.436 e. The first kappa shape index (κ1) is 14.9. The number of alkyl halides is 1. The van der Waals surface area contributed by atoms with Crippen molar-refractivity contribution >= 4 is 45.8 Å². The van der Waals surface area contributed by atoms with Gasteiger partial charge in [0, 0.05) is 10.6 Å². The van der Waals surface area contributed by atoms with Crippen molar-refractivity contribution in [1.82, 2.24) is 4.98 Å². The van der Waals surface area contributed by atoms with E-state index in [-0.39, 0.29) is 5.88 Å². The zero-order valence-corrected chi connectivity index (χ0v) is 13.3. The van der Waals surface area contributed by atoms with Crippen molar-refractivity contribution in [3.05, 3.63) is 47.0 Å². The van der Waals surface area contributed by atoms with E-state index in [4.69, 9.17) is 33.4 Å². The van der Waals surface area contributed by atoms with Crippen LogP contribution >= 0.6 is 23.2 Å². The van der Waals surface area contributed by atoms with Crippen molar-refractivity contribution in [1.29, 1.82) is 0 Å². The first-order valence-electron chi connectivity index (χ1n) is 6.63. The van der Waals surface area contributed by atoms with Gasteiger partial charge in [-0.3, -0.25) is 0 Å². The van der Waals surface area contributed by atoms with Crippen LogP contribution in [0.25, 0.3) is 22.6 Å². The van der Waals surface area contributed by atoms with Gasteiger partial charge in [0.25, 0.3) is 0 Å². The molecule has 0 bridgehead atoms. The molecule has 0 unspecified atom stereocenters. The Morgan fingerprint density at radius 1 is 1.27 bits per heavy atom. The Morgan fingerprint density at radius 2 is 2.09 bits per heavy atom. The summed E-state index contributed by atoms with van der Waals surface area (Å²) in [5.41, 5.74) is 9.67. The molecule has 0 saturated carbocycles. The van der Waals surface area contributed by atoms with Crippen LogP contribution in [0.2, 0.25) is 5.02 Å².